The highest BCUT2D eigenvalue weighted by Gasteiger charge is 2.42. The Morgan fingerprint density at radius 3 is 2.22 bits per heavy atom. The largest absolute Gasteiger partial charge is 0.444 e. The van der Waals surface area contributed by atoms with Crippen LogP contribution in [0, 0.1) is 11.3 Å². The molecule has 1 amide bonds. The van der Waals surface area contributed by atoms with Crippen LogP contribution in [0.15, 0.2) is 0 Å². The number of hydrogen-bond donors (Lipinski definition) is 0. The predicted octanol–water partition coefficient (Wildman–Crippen LogP) is 3.23. The lowest BCUT2D eigenvalue weighted by Crippen LogP contribution is -2.53. The Hall–Kier alpha value is -0.883. The molecule has 0 spiro atoms. The molecule has 1 aliphatic rings. The maximum Gasteiger partial charge on any atom is 0.410 e. The van der Waals surface area contributed by atoms with Crippen LogP contribution in [-0.2, 0) is 14.0 Å². The van der Waals surface area contributed by atoms with E-state index in [1.165, 1.54) is 0 Å². The lowest BCUT2D eigenvalue weighted by Gasteiger charge is -2.42. The zero-order valence-corrected chi connectivity index (χ0v) is 17.1. The molecule has 0 aromatic carbocycles. The van der Waals surface area contributed by atoms with E-state index in [-0.39, 0.29) is 29.3 Å². The normalized spacial score (nSPS) is 21.5. The number of ether oxygens (including phenoxy) is 1. The predicted molar refractivity (Wildman–Crippen MR) is 94.1 cm³/mol. The third-order valence-electron chi connectivity index (χ3n) is 3.75. The van der Waals surface area contributed by atoms with Gasteiger partial charge in [0.15, 0.2) is 9.04 Å². The summed E-state index contributed by atoms with van der Waals surface area (Å²) in [5.41, 5.74) is -0.673. The molecule has 6 heteroatoms. The summed E-state index contributed by atoms with van der Waals surface area (Å²) >= 11 is 0. The van der Waals surface area contributed by atoms with Gasteiger partial charge in [0.1, 0.15) is 11.4 Å². The van der Waals surface area contributed by atoms with Gasteiger partial charge in [-0.05, 0) is 39.3 Å². The van der Waals surface area contributed by atoms with Gasteiger partial charge in [0, 0.05) is 19.5 Å². The summed E-state index contributed by atoms with van der Waals surface area (Å²) in [6.07, 6.45) is -0.129. The van der Waals surface area contributed by atoms with E-state index < -0.39 is 14.6 Å². The third kappa shape index (κ3) is 6.26. The van der Waals surface area contributed by atoms with Gasteiger partial charge in [0.2, 0.25) is 0 Å². The molecule has 0 radical (unpaired) electrons. The molecule has 23 heavy (non-hydrogen) atoms. The smallest absolute Gasteiger partial charge is 0.410 e. The molecule has 1 saturated heterocycles. The third-order valence-corrected chi connectivity index (χ3v) is 4.59. The van der Waals surface area contributed by atoms with Crippen molar-refractivity contribution in [1.29, 1.82) is 0 Å². The van der Waals surface area contributed by atoms with Crippen LogP contribution in [0.3, 0.4) is 0 Å². The van der Waals surface area contributed by atoms with Crippen molar-refractivity contribution >= 4 is 20.9 Å². The fraction of sp³-hybridized carbons (Fsp3) is 0.882. The first-order valence-corrected chi connectivity index (χ1v) is 11.3. The van der Waals surface area contributed by atoms with E-state index in [2.05, 4.69) is 33.9 Å². The SMILES string of the molecule is C[SiH](C)O[C@@H]([C@@H]1CN(C(=O)OC(C)(C)C)CCC1=O)C(C)(C)C. The number of hydrogen-bond acceptors (Lipinski definition) is 4. The highest BCUT2D eigenvalue weighted by molar-refractivity contribution is 6.48. The van der Waals surface area contributed by atoms with Crippen molar-refractivity contribution in [3.8, 4) is 0 Å². The van der Waals surface area contributed by atoms with Crippen LogP contribution in [0.2, 0.25) is 13.1 Å². The van der Waals surface area contributed by atoms with E-state index in [1.54, 1.807) is 4.90 Å². The zero-order valence-electron chi connectivity index (χ0n) is 15.9. The van der Waals surface area contributed by atoms with Crippen LogP contribution in [-0.4, -0.2) is 50.6 Å². The maximum absolute atomic E-state index is 12.5. The summed E-state index contributed by atoms with van der Waals surface area (Å²) in [7, 11) is -1.29. The molecule has 1 aliphatic heterocycles. The summed E-state index contributed by atoms with van der Waals surface area (Å²) in [5.74, 6) is -0.0782. The van der Waals surface area contributed by atoms with E-state index in [0.717, 1.165) is 0 Å². The first kappa shape index (κ1) is 20.2. The number of carbonyl (C=O) groups excluding carboxylic acids is 2. The number of likely N-dealkylation sites (tertiary alicyclic amines) is 1. The van der Waals surface area contributed by atoms with Gasteiger partial charge in [-0.15, -0.1) is 0 Å². The van der Waals surface area contributed by atoms with Crippen LogP contribution in [0.5, 0.6) is 0 Å². The van der Waals surface area contributed by atoms with Crippen LogP contribution in [0.4, 0.5) is 4.79 Å². The molecule has 1 fully saturated rings. The maximum atomic E-state index is 12.5. The number of Topliss-reactive ketones (excluding diaryl/α,β-unsaturated/α-hetero) is 1. The van der Waals surface area contributed by atoms with Crippen molar-refractivity contribution < 1.29 is 18.8 Å². The number of rotatable bonds is 3. The number of nitrogens with zero attached hydrogens (tertiary/aromatic N) is 1. The fourth-order valence-corrected chi connectivity index (χ4v) is 4.00. The Morgan fingerprint density at radius 2 is 1.78 bits per heavy atom. The highest BCUT2D eigenvalue weighted by Crippen LogP contribution is 2.32. The molecule has 2 atom stereocenters. The standard InChI is InChI=1S/C17H33NO4Si/c1-16(2,3)14(22-23(7)8)12-11-18(10-9-13(12)19)15(20)21-17(4,5)6/h12,14,23H,9-11H2,1-8H3/t12-,14+/m1/s1. The van der Waals surface area contributed by atoms with E-state index in [1.807, 2.05) is 20.8 Å². The first-order chi connectivity index (χ1) is 10.3. The molecule has 0 aromatic rings. The van der Waals surface area contributed by atoms with Crippen molar-refractivity contribution in [1.82, 2.24) is 4.90 Å². The van der Waals surface area contributed by atoms with Crippen LogP contribution in [0.1, 0.15) is 48.0 Å². The van der Waals surface area contributed by atoms with Gasteiger partial charge in [-0.25, -0.2) is 4.79 Å². The Kier molecular flexibility index (Phi) is 6.44. The minimum absolute atomic E-state index is 0.144. The average molecular weight is 344 g/mol. The number of amides is 1. The summed E-state index contributed by atoms with van der Waals surface area (Å²) in [6, 6.07) is 0. The summed E-state index contributed by atoms with van der Waals surface area (Å²) in [6.45, 7) is 16.9. The van der Waals surface area contributed by atoms with Crippen LogP contribution >= 0.6 is 0 Å². The van der Waals surface area contributed by atoms with Crippen molar-refractivity contribution in [2.45, 2.75) is 72.8 Å². The summed E-state index contributed by atoms with van der Waals surface area (Å²) in [4.78, 5) is 26.4. The quantitative estimate of drug-likeness (QED) is 0.738. The minimum Gasteiger partial charge on any atom is -0.444 e. The summed E-state index contributed by atoms with van der Waals surface area (Å²) in [5, 5.41) is 0. The Balaban J connectivity index is 2.91. The van der Waals surface area contributed by atoms with E-state index in [0.29, 0.717) is 19.5 Å². The van der Waals surface area contributed by atoms with Gasteiger partial charge in [-0.2, -0.15) is 0 Å². The van der Waals surface area contributed by atoms with Gasteiger partial charge < -0.3 is 14.1 Å². The zero-order chi connectivity index (χ0) is 18.0. The van der Waals surface area contributed by atoms with Gasteiger partial charge in [-0.3, -0.25) is 4.79 Å². The Bertz CT molecular complexity index is 437. The second kappa shape index (κ2) is 7.34. The molecule has 134 valence electrons. The molecule has 1 rings (SSSR count). The number of carbonyl (C=O) groups is 2. The van der Waals surface area contributed by atoms with E-state index in [9.17, 15) is 9.59 Å². The van der Waals surface area contributed by atoms with Crippen LogP contribution < -0.4 is 0 Å². The van der Waals surface area contributed by atoms with Crippen molar-refractivity contribution in [3.63, 3.8) is 0 Å². The minimum atomic E-state index is -1.29. The highest BCUT2D eigenvalue weighted by atomic mass is 28.3. The van der Waals surface area contributed by atoms with E-state index >= 15 is 0 Å². The fourth-order valence-electron chi connectivity index (χ4n) is 2.81. The molecule has 0 saturated carbocycles. The molecule has 5 nitrogen and oxygen atoms in total. The molecule has 0 N–H and O–H groups in total. The second-order valence-corrected chi connectivity index (χ2v) is 11.1. The topological polar surface area (TPSA) is 55.8 Å². The van der Waals surface area contributed by atoms with Gasteiger partial charge >= 0.3 is 6.09 Å². The van der Waals surface area contributed by atoms with Gasteiger partial charge in [0.25, 0.3) is 0 Å². The van der Waals surface area contributed by atoms with Gasteiger partial charge in [0.05, 0.1) is 12.0 Å². The molecule has 0 unspecified atom stereocenters. The van der Waals surface area contributed by atoms with Crippen LogP contribution in [0.25, 0.3) is 0 Å². The average Bonchev–Trinajstić information content (AvgIpc) is 2.33. The molecular formula is C17H33NO4Si. The lowest BCUT2D eigenvalue weighted by molar-refractivity contribution is -0.132. The number of ketones is 1. The number of piperidine rings is 1. The van der Waals surface area contributed by atoms with Crippen molar-refractivity contribution in [3.05, 3.63) is 0 Å². The van der Waals surface area contributed by atoms with E-state index in [4.69, 9.17) is 9.16 Å². The monoisotopic (exact) mass is 343 g/mol. The van der Waals surface area contributed by atoms with Crippen molar-refractivity contribution in [2.24, 2.45) is 11.3 Å². The summed E-state index contributed by atoms with van der Waals surface area (Å²) < 4.78 is 11.6. The molecule has 0 aromatic heterocycles. The molecule has 0 aliphatic carbocycles. The second-order valence-electron chi connectivity index (χ2n) is 8.72. The van der Waals surface area contributed by atoms with Crippen molar-refractivity contribution in [2.75, 3.05) is 13.1 Å². The first-order valence-electron chi connectivity index (χ1n) is 8.47. The Labute approximate surface area is 142 Å². The lowest BCUT2D eigenvalue weighted by atomic mass is 9.77. The van der Waals surface area contributed by atoms with Gasteiger partial charge in [-0.1, -0.05) is 20.8 Å². The Morgan fingerprint density at radius 1 is 1.22 bits per heavy atom. The molecular weight excluding hydrogens is 310 g/mol. The molecule has 0 bridgehead atoms. The molecule has 1 heterocycles.